The van der Waals surface area contributed by atoms with Gasteiger partial charge in [0.1, 0.15) is 0 Å². The van der Waals surface area contributed by atoms with Crippen molar-refractivity contribution in [1.29, 1.82) is 0 Å². The van der Waals surface area contributed by atoms with Crippen molar-refractivity contribution >= 4 is 11.8 Å². The Hall–Kier alpha value is -0.170. The molecule has 0 heterocycles. The molecule has 0 unspecified atom stereocenters. The highest BCUT2D eigenvalue weighted by Gasteiger charge is 1.87. The molecule has 0 N–H and O–H groups in total. The number of unbranched alkanes of at least 4 members (excludes halogenated alkanes) is 1. The highest BCUT2D eigenvalue weighted by Crippen LogP contribution is 2.16. The summed E-state index contributed by atoms with van der Waals surface area (Å²) in [5.74, 6) is 1.26. The number of hydrogen-bond acceptors (Lipinski definition) is 1. The van der Waals surface area contributed by atoms with Crippen molar-refractivity contribution in [2.24, 2.45) is 0 Å². The first-order chi connectivity index (χ1) is 5.81. The van der Waals surface area contributed by atoms with E-state index in [2.05, 4.69) is 39.0 Å². The highest BCUT2D eigenvalue weighted by atomic mass is 32.2. The molecule has 0 saturated heterocycles. The normalized spacial score (nSPS) is 12.8. The van der Waals surface area contributed by atoms with E-state index in [4.69, 9.17) is 0 Å². The van der Waals surface area contributed by atoms with E-state index in [-0.39, 0.29) is 0 Å². The van der Waals surface area contributed by atoms with Crippen LogP contribution in [0.25, 0.3) is 0 Å². The van der Waals surface area contributed by atoms with Gasteiger partial charge in [-0.15, -0.1) is 11.8 Å². The first-order valence-electron chi connectivity index (χ1n) is 4.77. The predicted molar refractivity (Wildman–Crippen MR) is 60.6 cm³/mol. The quantitative estimate of drug-likeness (QED) is 0.436. The van der Waals surface area contributed by atoms with Crippen LogP contribution in [0.3, 0.4) is 0 Å². The summed E-state index contributed by atoms with van der Waals surface area (Å²) in [4.78, 5) is 1.42. The predicted octanol–water partition coefficient (Wildman–Crippen LogP) is 4.39. The summed E-state index contributed by atoms with van der Waals surface area (Å²) in [7, 11) is 0. The van der Waals surface area contributed by atoms with Crippen LogP contribution in [0.1, 0.15) is 40.0 Å². The molecule has 0 amide bonds. The Labute approximate surface area is 81.1 Å². The van der Waals surface area contributed by atoms with Gasteiger partial charge in [0.2, 0.25) is 0 Å². The molecule has 12 heavy (non-hydrogen) atoms. The van der Waals surface area contributed by atoms with Gasteiger partial charge in [-0.3, -0.25) is 0 Å². The second-order valence-electron chi connectivity index (χ2n) is 2.82. The number of rotatable bonds is 6. The maximum absolute atomic E-state index is 2.23. The zero-order chi connectivity index (χ0) is 9.23. The first-order valence-corrected chi connectivity index (χ1v) is 5.76. The molecule has 0 aromatic heterocycles. The molecule has 0 nitrogen and oxygen atoms in total. The molecule has 0 aromatic rings. The monoisotopic (exact) mass is 184 g/mol. The van der Waals surface area contributed by atoms with Crippen LogP contribution in [0.4, 0.5) is 0 Å². The topological polar surface area (TPSA) is 0 Å². The van der Waals surface area contributed by atoms with Gasteiger partial charge < -0.3 is 0 Å². The van der Waals surface area contributed by atoms with E-state index >= 15 is 0 Å². The number of allylic oxidation sites excluding steroid dienone is 4. The Morgan fingerprint density at radius 3 is 2.67 bits per heavy atom. The van der Waals surface area contributed by atoms with E-state index in [0.29, 0.717) is 0 Å². The molecule has 1 heteroatoms. The summed E-state index contributed by atoms with van der Waals surface area (Å²) in [6.45, 7) is 6.57. The van der Waals surface area contributed by atoms with Crippen LogP contribution in [0, 0.1) is 0 Å². The van der Waals surface area contributed by atoms with E-state index in [1.165, 1.54) is 23.5 Å². The van der Waals surface area contributed by atoms with Gasteiger partial charge in [0.05, 0.1) is 0 Å². The molecular weight excluding hydrogens is 164 g/mol. The maximum atomic E-state index is 2.23. The van der Waals surface area contributed by atoms with E-state index in [1.54, 1.807) is 0 Å². The molecule has 0 atom stereocenters. The van der Waals surface area contributed by atoms with Crippen molar-refractivity contribution in [3.63, 3.8) is 0 Å². The molecule has 0 fully saturated rings. The average molecular weight is 184 g/mol. The van der Waals surface area contributed by atoms with E-state index in [1.807, 2.05) is 11.8 Å². The van der Waals surface area contributed by atoms with Crippen LogP contribution in [0.5, 0.6) is 0 Å². The van der Waals surface area contributed by atoms with Gasteiger partial charge in [0, 0.05) is 0 Å². The largest absolute Gasteiger partial charge is 0.131 e. The minimum Gasteiger partial charge on any atom is -0.131 e. The summed E-state index contributed by atoms with van der Waals surface area (Å²) < 4.78 is 0. The lowest BCUT2D eigenvalue weighted by Gasteiger charge is -1.97. The van der Waals surface area contributed by atoms with Crippen LogP contribution in [0.15, 0.2) is 23.1 Å². The Morgan fingerprint density at radius 1 is 1.33 bits per heavy atom. The fourth-order valence-corrected chi connectivity index (χ4v) is 1.70. The first kappa shape index (κ1) is 11.8. The summed E-state index contributed by atoms with van der Waals surface area (Å²) >= 11 is 1.96. The lowest BCUT2D eigenvalue weighted by atomic mass is 10.4. The van der Waals surface area contributed by atoms with E-state index in [0.717, 1.165) is 6.42 Å². The van der Waals surface area contributed by atoms with Crippen molar-refractivity contribution in [2.45, 2.75) is 40.0 Å². The van der Waals surface area contributed by atoms with Crippen molar-refractivity contribution in [2.75, 3.05) is 5.75 Å². The van der Waals surface area contributed by atoms with Gasteiger partial charge in [-0.1, -0.05) is 38.5 Å². The van der Waals surface area contributed by atoms with E-state index < -0.39 is 0 Å². The smallest absolute Gasteiger partial charge is 0.00234 e. The minimum absolute atomic E-state index is 1.13. The fraction of sp³-hybridized carbons (Fsp3) is 0.636. The van der Waals surface area contributed by atoms with Gasteiger partial charge >= 0.3 is 0 Å². The van der Waals surface area contributed by atoms with Gasteiger partial charge in [0.15, 0.2) is 0 Å². The van der Waals surface area contributed by atoms with Crippen LogP contribution < -0.4 is 0 Å². The Balaban J connectivity index is 3.48. The van der Waals surface area contributed by atoms with Crippen molar-refractivity contribution in [1.82, 2.24) is 0 Å². The fourth-order valence-electron chi connectivity index (χ4n) is 0.765. The second-order valence-corrected chi connectivity index (χ2v) is 4.16. The van der Waals surface area contributed by atoms with Crippen molar-refractivity contribution < 1.29 is 0 Å². The minimum atomic E-state index is 1.13. The molecule has 70 valence electrons. The van der Waals surface area contributed by atoms with Crippen molar-refractivity contribution in [3.05, 3.63) is 23.1 Å². The maximum Gasteiger partial charge on any atom is -0.00234 e. The summed E-state index contributed by atoms with van der Waals surface area (Å²) in [6, 6.07) is 0. The van der Waals surface area contributed by atoms with E-state index in [9.17, 15) is 0 Å². The molecule has 0 radical (unpaired) electrons. The molecule has 0 bridgehead atoms. The third-order valence-corrected chi connectivity index (χ3v) is 2.61. The van der Waals surface area contributed by atoms with Crippen LogP contribution in [-0.2, 0) is 0 Å². The Kier molecular flexibility index (Phi) is 8.80. The summed E-state index contributed by atoms with van der Waals surface area (Å²) in [5, 5.41) is 0. The average Bonchev–Trinajstić information content (AvgIpc) is 2.06. The third kappa shape index (κ3) is 7.93. The SMILES string of the molecule is CC/C=C\C=C(/C)SCCCC. The molecule has 0 spiro atoms. The van der Waals surface area contributed by atoms with Crippen LogP contribution in [-0.4, -0.2) is 5.75 Å². The van der Waals surface area contributed by atoms with Gasteiger partial charge in [-0.25, -0.2) is 0 Å². The summed E-state index contributed by atoms with van der Waals surface area (Å²) in [5.41, 5.74) is 0. The lowest BCUT2D eigenvalue weighted by molar-refractivity contribution is 0.897. The Bertz CT molecular complexity index is 145. The van der Waals surface area contributed by atoms with Gasteiger partial charge in [-0.05, 0) is 30.4 Å². The van der Waals surface area contributed by atoms with Gasteiger partial charge in [0.25, 0.3) is 0 Å². The zero-order valence-corrected chi connectivity index (χ0v) is 9.29. The summed E-state index contributed by atoms with van der Waals surface area (Å²) in [6.07, 6.45) is 10.3. The van der Waals surface area contributed by atoms with Crippen LogP contribution >= 0.6 is 11.8 Å². The number of hydrogen-bond donors (Lipinski definition) is 0. The molecule has 0 saturated carbocycles. The molecule has 0 aromatic carbocycles. The zero-order valence-electron chi connectivity index (χ0n) is 8.47. The standard InChI is InChI=1S/C11H20S/c1-4-6-8-9-11(3)12-10-7-5-2/h6,8-9H,4-5,7,10H2,1-3H3/b8-6-,11-9+. The molecule has 0 aliphatic rings. The van der Waals surface area contributed by atoms with Crippen molar-refractivity contribution in [3.8, 4) is 0 Å². The number of thioether (sulfide) groups is 1. The second kappa shape index (κ2) is 8.92. The lowest BCUT2D eigenvalue weighted by Crippen LogP contribution is -1.76. The highest BCUT2D eigenvalue weighted by molar-refractivity contribution is 8.03. The molecule has 0 aliphatic carbocycles. The van der Waals surface area contributed by atoms with Gasteiger partial charge in [-0.2, -0.15) is 0 Å². The third-order valence-electron chi connectivity index (χ3n) is 1.53. The van der Waals surface area contributed by atoms with Crippen LogP contribution in [0.2, 0.25) is 0 Å². The Morgan fingerprint density at radius 2 is 2.08 bits per heavy atom. The molecular formula is C11H20S. The molecule has 0 rings (SSSR count). The molecule has 0 aliphatic heterocycles.